The van der Waals surface area contributed by atoms with Gasteiger partial charge >= 0.3 is 0 Å². The Morgan fingerprint density at radius 2 is 2.12 bits per heavy atom. The van der Waals surface area contributed by atoms with Crippen molar-refractivity contribution < 1.29 is 9.53 Å². The molecule has 3 N–H and O–H groups in total. The minimum atomic E-state index is 0.0369. The Kier molecular flexibility index (Phi) is 4.40. The van der Waals surface area contributed by atoms with E-state index in [4.69, 9.17) is 10.5 Å². The quantitative estimate of drug-likeness (QED) is 0.775. The molecule has 17 heavy (non-hydrogen) atoms. The Balaban J connectivity index is 1.75. The molecule has 1 saturated carbocycles. The predicted octanol–water partition coefficient (Wildman–Crippen LogP) is 1.05. The lowest BCUT2D eigenvalue weighted by Gasteiger charge is -2.29. The maximum atomic E-state index is 12.0. The van der Waals surface area contributed by atoms with Crippen molar-refractivity contribution in [2.24, 2.45) is 17.6 Å². The van der Waals surface area contributed by atoms with Gasteiger partial charge in [-0.05, 0) is 32.1 Å². The van der Waals surface area contributed by atoms with E-state index in [0.29, 0.717) is 12.5 Å². The first kappa shape index (κ1) is 12.8. The number of nitrogens with one attached hydrogen (secondary N) is 1. The zero-order chi connectivity index (χ0) is 12.3. The molecule has 4 unspecified atom stereocenters. The van der Waals surface area contributed by atoms with Crippen LogP contribution in [0.4, 0.5) is 0 Å². The third-order valence-corrected chi connectivity index (χ3v) is 4.22. The van der Waals surface area contributed by atoms with Crippen LogP contribution in [-0.4, -0.2) is 31.2 Å². The van der Waals surface area contributed by atoms with Crippen LogP contribution >= 0.6 is 0 Å². The number of nitrogens with two attached hydrogens (primary N) is 1. The molecule has 0 aromatic heterocycles. The molecule has 2 aliphatic rings. The van der Waals surface area contributed by atoms with E-state index in [2.05, 4.69) is 5.32 Å². The predicted molar refractivity (Wildman–Crippen MR) is 66.5 cm³/mol. The number of amides is 1. The van der Waals surface area contributed by atoms with Crippen LogP contribution in [0.1, 0.15) is 39.0 Å². The molecule has 2 rings (SSSR count). The molecule has 1 aliphatic heterocycles. The molecule has 1 saturated heterocycles. The van der Waals surface area contributed by atoms with Crippen molar-refractivity contribution in [3.8, 4) is 0 Å². The van der Waals surface area contributed by atoms with Gasteiger partial charge in [-0.25, -0.2) is 0 Å². The molecule has 98 valence electrons. The fraction of sp³-hybridized carbons (Fsp3) is 0.923. The van der Waals surface area contributed by atoms with Gasteiger partial charge in [0.15, 0.2) is 0 Å². The summed E-state index contributed by atoms with van der Waals surface area (Å²) in [5.41, 5.74) is 6.07. The van der Waals surface area contributed by atoms with Crippen LogP contribution in [0.25, 0.3) is 0 Å². The topological polar surface area (TPSA) is 64.3 Å². The van der Waals surface area contributed by atoms with Crippen LogP contribution in [0.2, 0.25) is 0 Å². The number of ether oxygens (including phenoxy) is 1. The summed E-state index contributed by atoms with van der Waals surface area (Å²) in [6, 6.07) is 0.265. The molecule has 0 radical (unpaired) electrons. The van der Waals surface area contributed by atoms with Crippen molar-refractivity contribution in [2.75, 3.05) is 13.2 Å². The molecule has 2 fully saturated rings. The normalized spacial score (nSPS) is 38.0. The van der Waals surface area contributed by atoms with Crippen molar-refractivity contribution >= 4 is 5.91 Å². The minimum absolute atomic E-state index is 0.0369. The van der Waals surface area contributed by atoms with E-state index in [1.807, 2.05) is 6.92 Å². The number of hydrogen-bond donors (Lipinski definition) is 2. The maximum absolute atomic E-state index is 12.0. The number of carbonyl (C=O) groups is 1. The van der Waals surface area contributed by atoms with Gasteiger partial charge in [0, 0.05) is 19.2 Å². The molecule has 0 aromatic carbocycles. The van der Waals surface area contributed by atoms with E-state index in [0.717, 1.165) is 25.8 Å². The highest BCUT2D eigenvalue weighted by Crippen LogP contribution is 2.23. The van der Waals surface area contributed by atoms with Gasteiger partial charge in [0.1, 0.15) is 0 Å². The molecular formula is C13H24N2O2. The third kappa shape index (κ3) is 3.19. The van der Waals surface area contributed by atoms with E-state index in [-0.39, 0.29) is 24.0 Å². The monoisotopic (exact) mass is 240 g/mol. The largest absolute Gasteiger partial charge is 0.378 e. The Bertz CT molecular complexity index is 270. The second-order valence-electron chi connectivity index (χ2n) is 5.42. The van der Waals surface area contributed by atoms with Crippen LogP contribution < -0.4 is 11.1 Å². The summed E-state index contributed by atoms with van der Waals surface area (Å²) in [5, 5.41) is 3.06. The summed E-state index contributed by atoms with van der Waals surface area (Å²) < 4.78 is 5.41. The second kappa shape index (κ2) is 5.83. The molecule has 1 aliphatic carbocycles. The van der Waals surface area contributed by atoms with Gasteiger partial charge in [-0.15, -0.1) is 0 Å². The number of carbonyl (C=O) groups excluding carboxylic acids is 1. The smallest absolute Gasteiger partial charge is 0.225 e. The van der Waals surface area contributed by atoms with Crippen molar-refractivity contribution in [2.45, 2.75) is 51.2 Å². The fourth-order valence-corrected chi connectivity index (χ4v) is 2.93. The average Bonchev–Trinajstić information content (AvgIpc) is 2.74. The van der Waals surface area contributed by atoms with E-state index >= 15 is 0 Å². The second-order valence-corrected chi connectivity index (χ2v) is 5.42. The Hall–Kier alpha value is -0.610. The molecule has 1 amide bonds. The van der Waals surface area contributed by atoms with Crippen LogP contribution in [0.5, 0.6) is 0 Å². The lowest BCUT2D eigenvalue weighted by Crippen LogP contribution is -2.43. The highest BCUT2D eigenvalue weighted by molar-refractivity contribution is 5.79. The lowest BCUT2D eigenvalue weighted by atomic mass is 9.85. The molecular weight excluding hydrogens is 216 g/mol. The van der Waals surface area contributed by atoms with Crippen LogP contribution in [0.3, 0.4) is 0 Å². The van der Waals surface area contributed by atoms with Crippen molar-refractivity contribution in [1.29, 1.82) is 0 Å². The van der Waals surface area contributed by atoms with Gasteiger partial charge < -0.3 is 15.8 Å². The van der Waals surface area contributed by atoms with E-state index in [9.17, 15) is 4.79 Å². The maximum Gasteiger partial charge on any atom is 0.225 e. The van der Waals surface area contributed by atoms with Crippen LogP contribution in [0, 0.1) is 11.8 Å². The van der Waals surface area contributed by atoms with Gasteiger partial charge in [0.2, 0.25) is 5.91 Å². The van der Waals surface area contributed by atoms with Gasteiger partial charge in [-0.2, -0.15) is 0 Å². The van der Waals surface area contributed by atoms with Gasteiger partial charge in [0.05, 0.1) is 12.0 Å². The van der Waals surface area contributed by atoms with Gasteiger partial charge in [0.25, 0.3) is 0 Å². The zero-order valence-electron chi connectivity index (χ0n) is 10.7. The van der Waals surface area contributed by atoms with Crippen LogP contribution in [-0.2, 0) is 9.53 Å². The lowest BCUT2D eigenvalue weighted by molar-refractivity contribution is -0.126. The summed E-state index contributed by atoms with van der Waals surface area (Å²) in [5.74, 6) is 0.646. The minimum Gasteiger partial charge on any atom is -0.378 e. The van der Waals surface area contributed by atoms with Gasteiger partial charge in [-0.1, -0.05) is 12.8 Å². The summed E-state index contributed by atoms with van der Waals surface area (Å²) in [6.07, 6.45) is 5.65. The fourth-order valence-electron chi connectivity index (χ4n) is 2.93. The summed E-state index contributed by atoms with van der Waals surface area (Å²) in [4.78, 5) is 12.0. The zero-order valence-corrected chi connectivity index (χ0v) is 10.7. The number of rotatable bonds is 3. The Morgan fingerprint density at radius 3 is 2.76 bits per heavy atom. The average molecular weight is 240 g/mol. The molecule has 4 nitrogen and oxygen atoms in total. The number of hydrogen-bond acceptors (Lipinski definition) is 3. The van der Waals surface area contributed by atoms with E-state index < -0.39 is 0 Å². The molecule has 4 heteroatoms. The highest BCUT2D eigenvalue weighted by atomic mass is 16.5. The van der Waals surface area contributed by atoms with Crippen molar-refractivity contribution in [3.63, 3.8) is 0 Å². The standard InChI is InChI=1S/C13H24N2O2/c1-9-11(6-7-17-9)13(16)15-8-10-4-2-3-5-12(10)14/h9-12H,2-8,14H2,1H3,(H,15,16). The first-order valence-electron chi connectivity index (χ1n) is 6.83. The first-order chi connectivity index (χ1) is 8.18. The molecule has 0 bridgehead atoms. The first-order valence-corrected chi connectivity index (χ1v) is 6.83. The Labute approximate surface area is 103 Å². The SMILES string of the molecule is CC1OCCC1C(=O)NCC1CCCCC1N. The van der Waals surface area contributed by atoms with Crippen molar-refractivity contribution in [1.82, 2.24) is 5.32 Å². The molecule has 4 atom stereocenters. The van der Waals surface area contributed by atoms with E-state index in [1.54, 1.807) is 0 Å². The molecule has 0 aromatic rings. The van der Waals surface area contributed by atoms with Gasteiger partial charge in [-0.3, -0.25) is 4.79 Å². The van der Waals surface area contributed by atoms with Crippen LogP contribution in [0.15, 0.2) is 0 Å². The molecule has 1 heterocycles. The summed E-state index contributed by atoms with van der Waals surface area (Å²) in [6.45, 7) is 3.43. The Morgan fingerprint density at radius 1 is 1.35 bits per heavy atom. The summed E-state index contributed by atoms with van der Waals surface area (Å²) in [7, 11) is 0. The third-order valence-electron chi connectivity index (χ3n) is 4.22. The van der Waals surface area contributed by atoms with E-state index in [1.165, 1.54) is 12.8 Å². The van der Waals surface area contributed by atoms with Crippen molar-refractivity contribution in [3.05, 3.63) is 0 Å². The summed E-state index contributed by atoms with van der Waals surface area (Å²) >= 11 is 0. The molecule has 0 spiro atoms. The highest BCUT2D eigenvalue weighted by Gasteiger charge is 2.31.